The minimum Gasteiger partial charge on any atom is -0.457 e. The Balaban J connectivity index is 2.18. The second kappa shape index (κ2) is 6.52. The highest BCUT2D eigenvalue weighted by molar-refractivity contribution is 6.44. The van der Waals surface area contributed by atoms with Crippen molar-refractivity contribution in [3.63, 3.8) is 0 Å². The number of ether oxygens (including phenoxy) is 1. The largest absolute Gasteiger partial charge is 0.457 e. The molecule has 0 spiro atoms. The molecule has 0 aliphatic rings. The Kier molecular flexibility index (Phi) is 4.93. The molecule has 0 unspecified atom stereocenters. The van der Waals surface area contributed by atoms with Gasteiger partial charge in [0, 0.05) is 11.3 Å². The van der Waals surface area contributed by atoms with Crippen LogP contribution >= 0.6 is 34.8 Å². The zero-order valence-corrected chi connectivity index (χ0v) is 12.8. The lowest BCUT2D eigenvalue weighted by Gasteiger charge is -2.09. The predicted molar refractivity (Wildman–Crippen MR) is 81.4 cm³/mol. The van der Waals surface area contributed by atoms with E-state index in [9.17, 15) is 9.18 Å². The molecule has 2 N–H and O–H groups in total. The predicted octanol–water partition coefficient (Wildman–Crippen LogP) is 4.73. The van der Waals surface area contributed by atoms with Crippen molar-refractivity contribution in [2.75, 3.05) is 5.73 Å². The maximum absolute atomic E-state index is 13.3. The summed E-state index contributed by atoms with van der Waals surface area (Å²) in [6.07, 6.45) is 0. The zero-order valence-electron chi connectivity index (χ0n) is 10.5. The van der Waals surface area contributed by atoms with Crippen LogP contribution in [-0.2, 0) is 11.3 Å². The molecule has 0 heterocycles. The number of benzene rings is 2. The third-order valence-corrected chi connectivity index (χ3v) is 3.89. The zero-order chi connectivity index (χ0) is 15.6. The van der Waals surface area contributed by atoms with Gasteiger partial charge in [-0.2, -0.15) is 0 Å². The van der Waals surface area contributed by atoms with E-state index in [-0.39, 0.29) is 32.9 Å². The van der Waals surface area contributed by atoms with Gasteiger partial charge in [0.25, 0.3) is 0 Å². The van der Waals surface area contributed by atoms with Gasteiger partial charge in [-0.25, -0.2) is 9.18 Å². The lowest BCUT2D eigenvalue weighted by Crippen LogP contribution is -2.07. The molecule has 0 bridgehead atoms. The number of nitrogens with two attached hydrogens (primary N) is 1. The molecule has 2 aromatic rings. The molecule has 0 aliphatic carbocycles. The topological polar surface area (TPSA) is 52.3 Å². The highest BCUT2D eigenvalue weighted by atomic mass is 35.5. The Bertz CT molecular complexity index is 707. The van der Waals surface area contributed by atoms with E-state index < -0.39 is 11.8 Å². The molecule has 0 aromatic heterocycles. The van der Waals surface area contributed by atoms with Crippen molar-refractivity contribution in [2.45, 2.75) is 6.61 Å². The Morgan fingerprint density at radius 1 is 1.19 bits per heavy atom. The van der Waals surface area contributed by atoms with Crippen LogP contribution in [-0.4, -0.2) is 5.97 Å². The summed E-state index contributed by atoms with van der Waals surface area (Å²) in [6, 6.07) is 7.00. The third kappa shape index (κ3) is 3.59. The molecule has 0 amide bonds. The quantitative estimate of drug-likeness (QED) is 0.644. The minimum absolute atomic E-state index is 0.0363. The van der Waals surface area contributed by atoms with Crippen LogP contribution in [0.1, 0.15) is 15.9 Å². The normalized spacial score (nSPS) is 10.5. The van der Waals surface area contributed by atoms with Gasteiger partial charge >= 0.3 is 5.97 Å². The number of anilines is 1. The van der Waals surface area contributed by atoms with E-state index in [1.807, 2.05) is 0 Å². The summed E-state index contributed by atoms with van der Waals surface area (Å²) in [7, 11) is 0. The minimum atomic E-state index is -0.727. The average molecular weight is 349 g/mol. The smallest absolute Gasteiger partial charge is 0.340 e. The first-order valence-electron chi connectivity index (χ1n) is 5.74. The second-order valence-corrected chi connectivity index (χ2v) is 5.32. The molecular weight excluding hydrogens is 340 g/mol. The molecule has 0 radical (unpaired) electrons. The number of rotatable bonds is 3. The van der Waals surface area contributed by atoms with E-state index in [2.05, 4.69) is 0 Å². The molecule has 21 heavy (non-hydrogen) atoms. The van der Waals surface area contributed by atoms with Crippen LogP contribution in [0.3, 0.4) is 0 Å². The highest BCUT2D eigenvalue weighted by Crippen LogP contribution is 2.29. The SMILES string of the molecule is Nc1cc(Cl)c(Cl)c(C(=O)OCc2cccc(F)c2Cl)c1. The van der Waals surface area contributed by atoms with Crippen LogP contribution in [0.4, 0.5) is 10.1 Å². The van der Waals surface area contributed by atoms with Crippen molar-refractivity contribution < 1.29 is 13.9 Å². The first kappa shape index (κ1) is 15.9. The van der Waals surface area contributed by atoms with Gasteiger partial charge in [-0.05, 0) is 18.2 Å². The van der Waals surface area contributed by atoms with Gasteiger partial charge in [0.2, 0.25) is 0 Å². The second-order valence-electron chi connectivity index (χ2n) is 4.15. The molecular formula is C14H9Cl3FNO2. The third-order valence-electron chi connectivity index (χ3n) is 2.66. The fourth-order valence-corrected chi connectivity index (χ4v) is 2.23. The van der Waals surface area contributed by atoms with E-state index in [1.54, 1.807) is 6.07 Å². The van der Waals surface area contributed by atoms with Gasteiger partial charge in [-0.15, -0.1) is 0 Å². The molecule has 110 valence electrons. The summed E-state index contributed by atoms with van der Waals surface area (Å²) >= 11 is 17.5. The molecule has 0 fully saturated rings. The van der Waals surface area contributed by atoms with Crippen LogP contribution in [0.5, 0.6) is 0 Å². The Hall–Kier alpha value is -1.49. The first-order chi connectivity index (χ1) is 9.90. The summed E-state index contributed by atoms with van der Waals surface area (Å²) in [6.45, 7) is -0.196. The standard InChI is InChI=1S/C14H9Cl3FNO2/c15-10-5-8(19)4-9(13(10)17)14(20)21-6-7-2-1-3-11(18)12(7)16/h1-5H,6,19H2. The van der Waals surface area contributed by atoms with Crippen LogP contribution in [0.15, 0.2) is 30.3 Å². The number of carbonyl (C=O) groups is 1. The average Bonchev–Trinajstić information content (AvgIpc) is 2.44. The van der Waals surface area contributed by atoms with E-state index in [0.717, 1.165) is 0 Å². The van der Waals surface area contributed by atoms with Crippen molar-refractivity contribution in [3.05, 3.63) is 62.3 Å². The molecule has 7 heteroatoms. The van der Waals surface area contributed by atoms with Gasteiger partial charge in [0.05, 0.1) is 20.6 Å². The number of halogens is 4. The summed E-state index contributed by atoms with van der Waals surface area (Å²) in [5.41, 5.74) is 6.25. The van der Waals surface area contributed by atoms with Crippen molar-refractivity contribution >= 4 is 46.5 Å². The molecule has 0 aliphatic heterocycles. The molecule has 0 atom stereocenters. The van der Waals surface area contributed by atoms with Gasteiger partial charge < -0.3 is 10.5 Å². The fourth-order valence-electron chi connectivity index (χ4n) is 1.64. The summed E-state index contributed by atoms with van der Waals surface area (Å²) in [4.78, 5) is 12.0. The fraction of sp³-hybridized carbons (Fsp3) is 0.0714. The number of esters is 1. The van der Waals surface area contributed by atoms with Crippen LogP contribution in [0, 0.1) is 5.82 Å². The van der Waals surface area contributed by atoms with Crippen molar-refractivity contribution in [3.8, 4) is 0 Å². The Morgan fingerprint density at radius 3 is 2.62 bits per heavy atom. The lowest BCUT2D eigenvalue weighted by atomic mass is 10.2. The molecule has 3 nitrogen and oxygen atoms in total. The van der Waals surface area contributed by atoms with Crippen molar-refractivity contribution in [1.82, 2.24) is 0 Å². The maximum atomic E-state index is 13.3. The monoisotopic (exact) mass is 347 g/mol. The van der Waals surface area contributed by atoms with Crippen molar-refractivity contribution in [2.24, 2.45) is 0 Å². The summed E-state index contributed by atoms with van der Waals surface area (Å²) < 4.78 is 18.3. The number of hydrogen-bond donors (Lipinski definition) is 1. The summed E-state index contributed by atoms with van der Waals surface area (Å²) in [5, 5.41) is 0.0932. The van der Waals surface area contributed by atoms with Gasteiger partial charge in [-0.1, -0.05) is 46.9 Å². The highest BCUT2D eigenvalue weighted by Gasteiger charge is 2.16. The van der Waals surface area contributed by atoms with Crippen LogP contribution < -0.4 is 5.73 Å². The summed E-state index contributed by atoms with van der Waals surface area (Å²) in [5.74, 6) is -1.32. The number of carbonyl (C=O) groups excluding carboxylic acids is 1. The van der Waals surface area contributed by atoms with Crippen LogP contribution in [0.2, 0.25) is 15.1 Å². The van der Waals surface area contributed by atoms with E-state index in [4.69, 9.17) is 45.3 Å². The molecule has 2 rings (SSSR count). The van der Waals surface area contributed by atoms with Gasteiger partial charge in [0.1, 0.15) is 12.4 Å². The van der Waals surface area contributed by atoms with Crippen LogP contribution in [0.25, 0.3) is 0 Å². The van der Waals surface area contributed by atoms with E-state index in [0.29, 0.717) is 5.56 Å². The number of hydrogen-bond acceptors (Lipinski definition) is 3. The first-order valence-corrected chi connectivity index (χ1v) is 6.88. The van der Waals surface area contributed by atoms with Crippen molar-refractivity contribution in [1.29, 1.82) is 0 Å². The van der Waals surface area contributed by atoms with E-state index in [1.165, 1.54) is 24.3 Å². The molecule has 2 aromatic carbocycles. The van der Waals surface area contributed by atoms with E-state index >= 15 is 0 Å². The van der Waals surface area contributed by atoms with Gasteiger partial charge in [0.15, 0.2) is 0 Å². The van der Waals surface area contributed by atoms with Gasteiger partial charge in [-0.3, -0.25) is 0 Å². The molecule has 0 saturated carbocycles. The number of nitrogen functional groups attached to an aromatic ring is 1. The Labute approximate surface area is 135 Å². The lowest BCUT2D eigenvalue weighted by molar-refractivity contribution is 0.0472. The maximum Gasteiger partial charge on any atom is 0.340 e. The molecule has 0 saturated heterocycles. The Morgan fingerprint density at radius 2 is 1.90 bits per heavy atom.